The van der Waals surface area contributed by atoms with Crippen molar-refractivity contribution in [3.63, 3.8) is 0 Å². The summed E-state index contributed by atoms with van der Waals surface area (Å²) in [5, 5.41) is 5.87. The van der Waals surface area contributed by atoms with E-state index in [9.17, 15) is 14.4 Å². The van der Waals surface area contributed by atoms with E-state index >= 15 is 0 Å². The van der Waals surface area contributed by atoms with Crippen LogP contribution in [-0.4, -0.2) is 34.0 Å². The molecule has 2 N–H and O–H groups in total. The zero-order valence-electron chi connectivity index (χ0n) is 14.3. The molecule has 2 aromatic heterocycles. The first-order valence-corrected chi connectivity index (χ1v) is 8.69. The minimum atomic E-state index is -0.651. The van der Waals surface area contributed by atoms with Crippen molar-refractivity contribution in [1.82, 2.24) is 20.2 Å². The number of thiophene rings is 1. The molecule has 1 atom stereocenters. The summed E-state index contributed by atoms with van der Waals surface area (Å²) >= 11 is 1.46. The maximum atomic E-state index is 12.5. The van der Waals surface area contributed by atoms with Gasteiger partial charge in [0, 0.05) is 11.4 Å². The topological polar surface area (TPSA) is 93.1 Å². The van der Waals surface area contributed by atoms with E-state index in [1.54, 1.807) is 6.92 Å². The average Bonchev–Trinajstić information content (AvgIpc) is 2.83. The fourth-order valence-corrected chi connectivity index (χ4v) is 3.28. The molecule has 0 spiro atoms. The summed E-state index contributed by atoms with van der Waals surface area (Å²) in [5.74, 6) is -0.641. The molecule has 2 amide bonds. The highest BCUT2D eigenvalue weighted by atomic mass is 32.1. The molecule has 0 saturated carbocycles. The van der Waals surface area contributed by atoms with E-state index in [4.69, 9.17) is 0 Å². The van der Waals surface area contributed by atoms with Gasteiger partial charge < -0.3 is 10.6 Å². The number of nitrogens with zero attached hydrogens (tertiary/aromatic N) is 2. The van der Waals surface area contributed by atoms with Crippen molar-refractivity contribution < 1.29 is 9.59 Å². The number of hydrogen-bond donors (Lipinski definition) is 2. The minimum Gasteiger partial charge on any atom is -0.354 e. The lowest BCUT2D eigenvalue weighted by atomic mass is 10.2. The number of carbonyl (C=O) groups excluding carboxylic acids is 2. The smallest absolute Gasteiger partial charge is 0.262 e. The Morgan fingerprint density at radius 2 is 2.08 bits per heavy atom. The Kier molecular flexibility index (Phi) is 5.71. The Hall–Kier alpha value is -2.22. The number of nitrogens with one attached hydrogen (secondary N) is 2. The molecule has 2 rings (SSSR count). The van der Waals surface area contributed by atoms with Crippen LogP contribution in [0.5, 0.6) is 0 Å². The summed E-state index contributed by atoms with van der Waals surface area (Å²) in [6.07, 6.45) is 2.20. The summed E-state index contributed by atoms with van der Waals surface area (Å²) in [6.45, 7) is 7.78. The first-order chi connectivity index (χ1) is 11.3. The fourth-order valence-electron chi connectivity index (χ4n) is 2.29. The van der Waals surface area contributed by atoms with Crippen molar-refractivity contribution in [3.8, 4) is 0 Å². The predicted octanol–water partition coefficient (Wildman–Crippen LogP) is 1.11. The molecule has 0 aliphatic carbocycles. The molecule has 130 valence electrons. The van der Waals surface area contributed by atoms with Gasteiger partial charge in [0.2, 0.25) is 11.8 Å². The average molecular weight is 350 g/mol. The second kappa shape index (κ2) is 7.57. The van der Waals surface area contributed by atoms with E-state index in [-0.39, 0.29) is 18.0 Å². The summed E-state index contributed by atoms with van der Waals surface area (Å²) < 4.78 is 1.27. The van der Waals surface area contributed by atoms with E-state index in [1.807, 2.05) is 20.8 Å². The number of carbonyl (C=O) groups is 2. The van der Waals surface area contributed by atoms with E-state index in [0.717, 1.165) is 16.9 Å². The normalized spacial score (nSPS) is 12.2. The first kappa shape index (κ1) is 18.1. The van der Waals surface area contributed by atoms with Gasteiger partial charge in [-0.15, -0.1) is 11.3 Å². The molecule has 2 aromatic rings. The van der Waals surface area contributed by atoms with E-state index in [0.29, 0.717) is 16.8 Å². The molecule has 0 unspecified atom stereocenters. The van der Waals surface area contributed by atoms with Crippen molar-refractivity contribution >= 4 is 33.4 Å². The molecule has 0 aliphatic heterocycles. The van der Waals surface area contributed by atoms with E-state index in [1.165, 1.54) is 22.2 Å². The third kappa shape index (κ3) is 3.81. The molecule has 0 aromatic carbocycles. The van der Waals surface area contributed by atoms with Crippen LogP contribution in [0, 0.1) is 13.8 Å². The van der Waals surface area contributed by atoms with Crippen LogP contribution in [-0.2, 0) is 16.1 Å². The van der Waals surface area contributed by atoms with Crippen LogP contribution < -0.4 is 16.2 Å². The van der Waals surface area contributed by atoms with E-state index in [2.05, 4.69) is 15.6 Å². The van der Waals surface area contributed by atoms with Crippen LogP contribution >= 0.6 is 11.3 Å². The Labute approximate surface area is 144 Å². The molecule has 0 fully saturated rings. The fraction of sp³-hybridized carbons (Fsp3) is 0.500. The molecule has 0 aliphatic rings. The number of amides is 2. The second-order valence-electron chi connectivity index (χ2n) is 5.72. The summed E-state index contributed by atoms with van der Waals surface area (Å²) in [4.78, 5) is 42.4. The SMILES string of the molecule is CCCNC(=O)[C@H](C)NC(=O)Cn1cnc2sc(C)c(C)c2c1=O. The molecule has 0 bridgehead atoms. The van der Waals surface area contributed by atoms with Crippen molar-refractivity contribution in [1.29, 1.82) is 0 Å². The van der Waals surface area contributed by atoms with E-state index < -0.39 is 11.9 Å². The highest BCUT2D eigenvalue weighted by Crippen LogP contribution is 2.25. The van der Waals surface area contributed by atoms with Gasteiger partial charge in [-0.3, -0.25) is 19.0 Å². The molecule has 8 heteroatoms. The molecule has 0 radical (unpaired) electrons. The van der Waals surface area contributed by atoms with Gasteiger partial charge in [-0.1, -0.05) is 6.92 Å². The summed E-state index contributed by atoms with van der Waals surface area (Å²) in [7, 11) is 0. The Balaban J connectivity index is 2.11. The minimum absolute atomic E-state index is 0.165. The predicted molar refractivity (Wildman–Crippen MR) is 94.3 cm³/mol. The highest BCUT2D eigenvalue weighted by molar-refractivity contribution is 7.18. The maximum absolute atomic E-state index is 12.5. The van der Waals surface area contributed by atoms with Crippen molar-refractivity contribution in [2.24, 2.45) is 0 Å². The standard InChI is InChI=1S/C16H22N4O3S/c1-5-6-17-14(22)10(3)19-12(21)7-20-8-18-15-13(16(20)23)9(2)11(4)24-15/h8,10H,5-7H2,1-4H3,(H,17,22)(H,19,21)/t10-/m0/s1. The lowest BCUT2D eigenvalue weighted by Crippen LogP contribution is -2.46. The maximum Gasteiger partial charge on any atom is 0.262 e. The van der Waals surface area contributed by atoms with Crippen molar-refractivity contribution in [3.05, 3.63) is 27.1 Å². The number of fused-ring (bicyclic) bond motifs is 1. The zero-order valence-corrected chi connectivity index (χ0v) is 15.1. The van der Waals surface area contributed by atoms with Gasteiger partial charge in [-0.2, -0.15) is 0 Å². The molecule has 24 heavy (non-hydrogen) atoms. The molecule has 2 heterocycles. The van der Waals surface area contributed by atoms with Crippen LogP contribution in [0.2, 0.25) is 0 Å². The quantitative estimate of drug-likeness (QED) is 0.816. The Morgan fingerprint density at radius 3 is 2.75 bits per heavy atom. The van der Waals surface area contributed by atoms with Crippen molar-refractivity contribution in [2.45, 2.75) is 46.7 Å². The summed E-state index contributed by atoms with van der Waals surface area (Å²) in [6, 6.07) is -0.651. The van der Waals surface area contributed by atoms with Crippen molar-refractivity contribution in [2.75, 3.05) is 6.54 Å². The van der Waals surface area contributed by atoms with Gasteiger partial charge in [0.1, 0.15) is 17.4 Å². The number of hydrogen-bond acceptors (Lipinski definition) is 5. The van der Waals surface area contributed by atoms with Gasteiger partial charge >= 0.3 is 0 Å². The third-order valence-electron chi connectivity index (χ3n) is 3.79. The monoisotopic (exact) mass is 350 g/mol. The molecular formula is C16H22N4O3S. The van der Waals surface area contributed by atoms with Crippen LogP contribution in [0.25, 0.3) is 10.2 Å². The highest BCUT2D eigenvalue weighted by Gasteiger charge is 2.17. The molecule has 7 nitrogen and oxygen atoms in total. The van der Waals surface area contributed by atoms with Crippen LogP contribution in [0.15, 0.2) is 11.1 Å². The third-order valence-corrected chi connectivity index (χ3v) is 4.91. The zero-order chi connectivity index (χ0) is 17.9. The van der Waals surface area contributed by atoms with Gasteiger partial charge in [0.15, 0.2) is 0 Å². The van der Waals surface area contributed by atoms with Gasteiger partial charge in [-0.05, 0) is 32.8 Å². The van der Waals surface area contributed by atoms with Crippen LogP contribution in [0.3, 0.4) is 0 Å². The Morgan fingerprint density at radius 1 is 1.38 bits per heavy atom. The number of aromatic nitrogens is 2. The first-order valence-electron chi connectivity index (χ1n) is 7.87. The Bertz CT molecular complexity index is 825. The summed E-state index contributed by atoms with van der Waals surface area (Å²) in [5.41, 5.74) is 0.662. The molecule has 0 saturated heterocycles. The van der Waals surface area contributed by atoms with Crippen LogP contribution in [0.1, 0.15) is 30.7 Å². The second-order valence-corrected chi connectivity index (χ2v) is 6.92. The van der Waals surface area contributed by atoms with Gasteiger partial charge in [-0.25, -0.2) is 4.98 Å². The van der Waals surface area contributed by atoms with Gasteiger partial charge in [0.25, 0.3) is 5.56 Å². The van der Waals surface area contributed by atoms with Crippen LogP contribution in [0.4, 0.5) is 0 Å². The lowest BCUT2D eigenvalue weighted by molar-refractivity contribution is -0.128. The lowest BCUT2D eigenvalue weighted by Gasteiger charge is -2.14. The number of aryl methyl sites for hydroxylation is 2. The molecular weight excluding hydrogens is 328 g/mol. The van der Waals surface area contributed by atoms with Gasteiger partial charge in [0.05, 0.1) is 11.7 Å². The number of rotatable bonds is 6. The largest absolute Gasteiger partial charge is 0.354 e.